The molecule has 0 aliphatic heterocycles. The summed E-state index contributed by atoms with van der Waals surface area (Å²) in [5.41, 5.74) is 5.92. The molecular weight excluding hydrogens is 201 g/mol. The van der Waals surface area contributed by atoms with Crippen molar-refractivity contribution in [1.29, 1.82) is 0 Å². The van der Waals surface area contributed by atoms with Crippen molar-refractivity contribution < 1.29 is 9.76 Å². The Labute approximate surface area is 97.9 Å². The second kappa shape index (κ2) is 4.48. The fourth-order valence-corrected chi connectivity index (χ4v) is 1.05. The molecule has 0 unspecified atom stereocenters. The van der Waals surface area contributed by atoms with Gasteiger partial charge in [0.25, 0.3) is 0 Å². The van der Waals surface area contributed by atoms with Crippen molar-refractivity contribution in [3.63, 3.8) is 0 Å². The molecule has 16 heavy (non-hydrogen) atoms. The van der Waals surface area contributed by atoms with Crippen molar-refractivity contribution in [2.24, 2.45) is 0 Å². The summed E-state index contributed by atoms with van der Waals surface area (Å²) in [5.74, 6) is 0. The number of hydrogen-bond acceptors (Lipinski definition) is 3. The maximum Gasteiger partial charge on any atom is 0.309 e. The lowest BCUT2D eigenvalue weighted by molar-refractivity contribution is -0.0893. The molecule has 0 aliphatic carbocycles. The average Bonchev–Trinajstić information content (AvgIpc) is 2.15. The van der Waals surface area contributed by atoms with Gasteiger partial charge in [-0.05, 0) is 39.8 Å². The fraction of sp³-hybridized carbons (Fsp3) is 0.500. The quantitative estimate of drug-likeness (QED) is 0.584. The molecular formula is C12H20BNO2. The summed E-state index contributed by atoms with van der Waals surface area (Å²) in [5, 5.41) is 9.92. The number of nitrogen functional groups attached to an aromatic ring is 1. The van der Waals surface area contributed by atoms with Gasteiger partial charge in [-0.3, -0.25) is 0 Å². The highest BCUT2D eigenvalue weighted by Crippen LogP contribution is 2.24. The second-order valence-electron chi connectivity index (χ2n) is 5.10. The molecule has 0 fully saturated rings. The molecule has 0 aliphatic rings. The molecule has 4 heteroatoms. The molecule has 0 saturated heterocycles. The lowest BCUT2D eigenvalue weighted by atomic mass is 9.82. The SMILES string of the molecule is CC(C)(O)C(C)(C)OBc1ccc(N)cc1. The number of benzene rings is 1. The van der Waals surface area contributed by atoms with Crippen LogP contribution in [0.5, 0.6) is 0 Å². The first kappa shape index (κ1) is 13.1. The second-order valence-corrected chi connectivity index (χ2v) is 5.10. The molecule has 0 atom stereocenters. The van der Waals surface area contributed by atoms with Gasteiger partial charge in [0, 0.05) is 5.69 Å². The number of anilines is 1. The van der Waals surface area contributed by atoms with Gasteiger partial charge < -0.3 is 15.5 Å². The summed E-state index contributed by atoms with van der Waals surface area (Å²) in [6.45, 7) is 7.25. The third kappa shape index (κ3) is 3.25. The van der Waals surface area contributed by atoms with Gasteiger partial charge in [0.15, 0.2) is 0 Å². The van der Waals surface area contributed by atoms with Crippen LogP contribution in [0.1, 0.15) is 27.7 Å². The van der Waals surface area contributed by atoms with Crippen molar-refractivity contribution in [2.75, 3.05) is 5.73 Å². The largest absolute Gasteiger partial charge is 0.427 e. The van der Waals surface area contributed by atoms with E-state index in [0.717, 1.165) is 11.2 Å². The van der Waals surface area contributed by atoms with E-state index in [1.165, 1.54) is 0 Å². The molecule has 3 nitrogen and oxygen atoms in total. The van der Waals surface area contributed by atoms with Crippen LogP contribution in [-0.2, 0) is 4.65 Å². The highest BCUT2D eigenvalue weighted by atomic mass is 16.5. The van der Waals surface area contributed by atoms with Gasteiger partial charge in [-0.15, -0.1) is 0 Å². The van der Waals surface area contributed by atoms with Gasteiger partial charge in [-0.25, -0.2) is 0 Å². The molecule has 0 amide bonds. The summed E-state index contributed by atoms with van der Waals surface area (Å²) < 4.78 is 5.73. The summed E-state index contributed by atoms with van der Waals surface area (Å²) in [7, 11) is 0.470. The van der Waals surface area contributed by atoms with E-state index in [-0.39, 0.29) is 0 Å². The molecule has 1 aromatic rings. The van der Waals surface area contributed by atoms with Crippen LogP contribution in [-0.4, -0.2) is 23.8 Å². The topological polar surface area (TPSA) is 55.5 Å². The molecule has 0 spiro atoms. The van der Waals surface area contributed by atoms with Crippen LogP contribution < -0.4 is 11.2 Å². The van der Waals surface area contributed by atoms with E-state index < -0.39 is 11.2 Å². The Morgan fingerprint density at radius 1 is 1.12 bits per heavy atom. The predicted octanol–water partition coefficient (Wildman–Crippen LogP) is 0.812. The van der Waals surface area contributed by atoms with Crippen LogP contribution in [0, 0.1) is 0 Å². The highest BCUT2D eigenvalue weighted by molar-refractivity contribution is 6.47. The number of nitrogens with two attached hydrogens (primary N) is 1. The fourth-order valence-electron chi connectivity index (χ4n) is 1.05. The van der Waals surface area contributed by atoms with E-state index in [1.54, 1.807) is 13.8 Å². The lowest BCUT2D eigenvalue weighted by Gasteiger charge is -2.37. The van der Waals surface area contributed by atoms with Crippen molar-refractivity contribution in [3.05, 3.63) is 24.3 Å². The minimum atomic E-state index is -0.874. The molecule has 3 N–H and O–H groups in total. The Hall–Kier alpha value is -0.995. The molecule has 0 radical (unpaired) electrons. The van der Waals surface area contributed by atoms with E-state index >= 15 is 0 Å². The van der Waals surface area contributed by atoms with Gasteiger partial charge >= 0.3 is 7.48 Å². The van der Waals surface area contributed by atoms with Crippen molar-refractivity contribution in [3.8, 4) is 0 Å². The van der Waals surface area contributed by atoms with E-state index in [2.05, 4.69) is 0 Å². The molecule has 0 aromatic heterocycles. The number of hydrogen-bond donors (Lipinski definition) is 2. The van der Waals surface area contributed by atoms with Crippen LogP contribution in [0.3, 0.4) is 0 Å². The third-order valence-electron chi connectivity index (χ3n) is 3.05. The minimum Gasteiger partial charge on any atom is -0.427 e. The van der Waals surface area contributed by atoms with E-state index in [0.29, 0.717) is 7.48 Å². The van der Waals surface area contributed by atoms with Gasteiger partial charge in [0.2, 0.25) is 0 Å². The molecule has 88 valence electrons. The predicted molar refractivity (Wildman–Crippen MR) is 69.1 cm³/mol. The van der Waals surface area contributed by atoms with Gasteiger partial charge in [-0.2, -0.15) is 0 Å². The molecule has 1 rings (SSSR count). The molecule has 0 heterocycles. The summed E-state index contributed by atoms with van der Waals surface area (Å²) in [6.07, 6.45) is 0. The van der Waals surface area contributed by atoms with Gasteiger partial charge in [-0.1, -0.05) is 17.6 Å². The van der Waals surface area contributed by atoms with Crippen LogP contribution in [0.15, 0.2) is 24.3 Å². The zero-order chi connectivity index (χ0) is 12.4. The Bertz CT molecular complexity index is 341. The smallest absolute Gasteiger partial charge is 0.309 e. The molecule has 0 bridgehead atoms. The zero-order valence-electron chi connectivity index (χ0n) is 10.4. The summed E-state index contributed by atoms with van der Waals surface area (Å²) in [4.78, 5) is 0. The lowest BCUT2D eigenvalue weighted by Crippen LogP contribution is -2.49. The van der Waals surface area contributed by atoms with E-state index in [9.17, 15) is 5.11 Å². The highest BCUT2D eigenvalue weighted by Gasteiger charge is 2.35. The summed E-state index contributed by atoms with van der Waals surface area (Å²) in [6, 6.07) is 7.54. The van der Waals surface area contributed by atoms with Gasteiger partial charge in [0.1, 0.15) is 0 Å². The number of rotatable bonds is 4. The first-order chi connectivity index (χ1) is 7.22. The first-order valence-corrected chi connectivity index (χ1v) is 5.43. The van der Waals surface area contributed by atoms with Crippen LogP contribution in [0.25, 0.3) is 0 Å². The van der Waals surface area contributed by atoms with Crippen LogP contribution in [0.2, 0.25) is 0 Å². The average molecular weight is 221 g/mol. The van der Waals surface area contributed by atoms with Gasteiger partial charge in [0.05, 0.1) is 11.2 Å². The van der Waals surface area contributed by atoms with Crippen molar-refractivity contribution >= 4 is 18.6 Å². The molecule has 1 aromatic carbocycles. The van der Waals surface area contributed by atoms with E-state index in [1.807, 2.05) is 38.1 Å². The Morgan fingerprint density at radius 3 is 2.06 bits per heavy atom. The van der Waals surface area contributed by atoms with Crippen molar-refractivity contribution in [2.45, 2.75) is 38.9 Å². The van der Waals surface area contributed by atoms with Crippen LogP contribution >= 0.6 is 0 Å². The Kier molecular flexibility index (Phi) is 3.66. The first-order valence-electron chi connectivity index (χ1n) is 5.43. The maximum atomic E-state index is 9.92. The van der Waals surface area contributed by atoms with Crippen LogP contribution in [0.4, 0.5) is 5.69 Å². The third-order valence-corrected chi connectivity index (χ3v) is 3.05. The van der Waals surface area contributed by atoms with Crippen molar-refractivity contribution in [1.82, 2.24) is 0 Å². The maximum absolute atomic E-state index is 9.92. The zero-order valence-corrected chi connectivity index (χ0v) is 10.4. The monoisotopic (exact) mass is 221 g/mol. The summed E-state index contributed by atoms with van der Waals surface area (Å²) >= 11 is 0. The Morgan fingerprint density at radius 2 is 1.62 bits per heavy atom. The van der Waals surface area contributed by atoms with E-state index in [4.69, 9.17) is 10.4 Å². The standard InChI is InChI=1S/C12H20BNO2/c1-11(2,15)12(3,4)16-13-9-5-7-10(14)8-6-9/h5-8,13,15H,14H2,1-4H3. The Balaban J connectivity index is 2.61. The minimum absolute atomic E-state index is 0.470. The molecule has 0 saturated carbocycles. The normalized spacial score (nSPS) is 12.6. The number of aliphatic hydroxyl groups is 1.